The van der Waals surface area contributed by atoms with Crippen molar-refractivity contribution < 1.29 is 19.7 Å². The SMILES string of the molecule is CC[C@@]1(O)C(=O)OCC2=C1C=C1c3nc4cc(C)c(C)c5c4c(c3CN1C2O)[C@@H](N)CC5. The highest BCUT2D eigenvalue weighted by Gasteiger charge is 2.50. The van der Waals surface area contributed by atoms with Crippen LogP contribution in [0, 0.1) is 13.8 Å². The van der Waals surface area contributed by atoms with Gasteiger partial charge in [-0.15, -0.1) is 0 Å². The first kappa shape index (κ1) is 19.9. The molecule has 7 nitrogen and oxygen atoms in total. The van der Waals surface area contributed by atoms with E-state index in [1.165, 1.54) is 16.7 Å². The van der Waals surface area contributed by atoms with Gasteiger partial charge in [0.15, 0.2) is 11.8 Å². The Hall–Kier alpha value is -2.74. The summed E-state index contributed by atoms with van der Waals surface area (Å²) in [5.74, 6) is -0.672. The molecule has 6 rings (SSSR count). The van der Waals surface area contributed by atoms with Gasteiger partial charge < -0.3 is 25.6 Å². The summed E-state index contributed by atoms with van der Waals surface area (Å²) < 4.78 is 5.23. The minimum absolute atomic E-state index is 0.0292. The molecule has 4 aliphatic rings. The highest BCUT2D eigenvalue weighted by Crippen LogP contribution is 2.48. The van der Waals surface area contributed by atoms with Gasteiger partial charge in [-0.1, -0.05) is 6.92 Å². The Morgan fingerprint density at radius 1 is 1.34 bits per heavy atom. The van der Waals surface area contributed by atoms with Crippen molar-refractivity contribution in [2.24, 2.45) is 5.73 Å². The third-order valence-electron chi connectivity index (χ3n) is 7.91. The third-order valence-corrected chi connectivity index (χ3v) is 7.91. The third kappa shape index (κ3) is 2.31. The lowest BCUT2D eigenvalue weighted by Crippen LogP contribution is -2.50. The van der Waals surface area contributed by atoms with E-state index < -0.39 is 17.8 Å². The van der Waals surface area contributed by atoms with E-state index in [4.69, 9.17) is 15.5 Å². The second kappa shape index (κ2) is 6.41. The zero-order valence-corrected chi connectivity index (χ0v) is 18.5. The lowest BCUT2D eigenvalue weighted by Gasteiger charge is -2.40. The molecule has 0 saturated heterocycles. The fourth-order valence-corrected chi connectivity index (χ4v) is 5.92. The number of carbonyl (C=O) groups is 1. The minimum Gasteiger partial charge on any atom is -0.459 e. The number of aliphatic hydroxyl groups excluding tert-OH is 1. The van der Waals surface area contributed by atoms with Crippen molar-refractivity contribution in [2.45, 2.75) is 64.4 Å². The van der Waals surface area contributed by atoms with Gasteiger partial charge in [-0.05, 0) is 67.5 Å². The molecule has 3 atom stereocenters. The Bertz CT molecular complexity index is 1290. The van der Waals surface area contributed by atoms with Crippen molar-refractivity contribution >= 4 is 22.6 Å². The van der Waals surface area contributed by atoms with Crippen molar-refractivity contribution in [1.82, 2.24) is 9.88 Å². The van der Waals surface area contributed by atoms with Crippen LogP contribution in [-0.4, -0.2) is 44.5 Å². The maximum Gasteiger partial charge on any atom is 0.343 e. The zero-order valence-electron chi connectivity index (χ0n) is 18.5. The van der Waals surface area contributed by atoms with Crippen LogP contribution in [0.5, 0.6) is 0 Å². The molecule has 1 aromatic carbocycles. The average molecular weight is 434 g/mol. The van der Waals surface area contributed by atoms with Gasteiger partial charge >= 0.3 is 5.97 Å². The van der Waals surface area contributed by atoms with Crippen molar-refractivity contribution in [3.05, 3.63) is 56.8 Å². The van der Waals surface area contributed by atoms with Crippen LogP contribution in [-0.2, 0) is 22.5 Å². The molecule has 0 spiro atoms. The lowest BCUT2D eigenvalue weighted by atomic mass is 9.81. The number of cyclic esters (lactones) is 1. The molecule has 0 radical (unpaired) electrons. The number of benzene rings is 1. The first-order valence-electron chi connectivity index (χ1n) is 11.3. The van der Waals surface area contributed by atoms with Crippen LogP contribution < -0.4 is 5.73 Å². The second-order valence-corrected chi connectivity index (χ2v) is 9.45. The van der Waals surface area contributed by atoms with Crippen molar-refractivity contribution in [1.29, 1.82) is 0 Å². The summed E-state index contributed by atoms with van der Waals surface area (Å²) in [4.78, 5) is 19.3. The summed E-state index contributed by atoms with van der Waals surface area (Å²) in [7, 11) is 0. The monoisotopic (exact) mass is 433 g/mol. The van der Waals surface area contributed by atoms with Crippen molar-refractivity contribution in [3.8, 4) is 0 Å². The number of rotatable bonds is 1. The van der Waals surface area contributed by atoms with Crippen LogP contribution >= 0.6 is 0 Å². The molecule has 0 amide bonds. The van der Waals surface area contributed by atoms with Crippen molar-refractivity contribution in [3.63, 3.8) is 0 Å². The van der Waals surface area contributed by atoms with E-state index >= 15 is 0 Å². The fourth-order valence-electron chi connectivity index (χ4n) is 5.92. The largest absolute Gasteiger partial charge is 0.459 e. The molecule has 4 heterocycles. The number of nitrogens with zero attached hydrogens (tertiary/aromatic N) is 2. The molecular formula is C25H27N3O4. The van der Waals surface area contributed by atoms with Gasteiger partial charge in [0.2, 0.25) is 0 Å². The summed E-state index contributed by atoms with van der Waals surface area (Å²) in [5, 5.41) is 23.5. The summed E-state index contributed by atoms with van der Waals surface area (Å²) in [6.07, 6.45) is 2.80. The smallest absolute Gasteiger partial charge is 0.343 e. The Morgan fingerprint density at radius 3 is 2.88 bits per heavy atom. The van der Waals surface area contributed by atoms with E-state index in [2.05, 4.69) is 19.9 Å². The van der Waals surface area contributed by atoms with E-state index in [-0.39, 0.29) is 19.1 Å². The van der Waals surface area contributed by atoms with Gasteiger partial charge in [0.05, 0.1) is 16.9 Å². The number of nitrogens with two attached hydrogens (primary N) is 1. The zero-order chi connectivity index (χ0) is 22.5. The second-order valence-electron chi connectivity index (χ2n) is 9.45. The quantitative estimate of drug-likeness (QED) is 0.592. The van der Waals surface area contributed by atoms with Gasteiger partial charge in [-0.2, -0.15) is 0 Å². The number of hydrogen-bond acceptors (Lipinski definition) is 7. The van der Waals surface area contributed by atoms with Gasteiger partial charge in [0, 0.05) is 34.7 Å². The summed E-state index contributed by atoms with van der Waals surface area (Å²) in [6, 6.07) is 2.02. The van der Waals surface area contributed by atoms with E-state index in [1.807, 2.05) is 11.0 Å². The number of fused-ring (bicyclic) bond motifs is 4. The molecule has 0 bridgehead atoms. The Labute approximate surface area is 186 Å². The van der Waals surface area contributed by atoms with E-state index in [0.29, 0.717) is 17.7 Å². The molecule has 0 saturated carbocycles. The predicted octanol–water partition coefficient (Wildman–Crippen LogP) is 2.28. The number of pyridine rings is 1. The standard InChI is InChI=1S/C25H27N3O4/c1-4-25(31)16-8-19-22-14(9-28(19)23(29)15(16)10-32-24(25)30)20-17(26)6-5-13-12(3)11(2)7-18(27-22)21(13)20/h7-8,17,23,29,31H,4-6,9-10,26H2,1-3H3/t17-,23?,25-/m0/s1. The maximum absolute atomic E-state index is 12.4. The molecule has 4 N–H and O–H groups in total. The van der Waals surface area contributed by atoms with E-state index in [1.54, 1.807) is 6.92 Å². The molecule has 7 heteroatoms. The predicted molar refractivity (Wildman–Crippen MR) is 119 cm³/mol. The van der Waals surface area contributed by atoms with Crippen LogP contribution in [0.15, 0.2) is 23.3 Å². The molecule has 3 aliphatic heterocycles. The normalized spacial score (nSPS) is 28.4. The van der Waals surface area contributed by atoms with Crippen LogP contribution in [0.1, 0.15) is 59.3 Å². The number of aryl methyl sites for hydroxylation is 2. The number of hydrogen-bond donors (Lipinski definition) is 3. The Kier molecular flexibility index (Phi) is 3.98. The summed E-state index contributed by atoms with van der Waals surface area (Å²) in [6.45, 7) is 6.46. The van der Waals surface area contributed by atoms with Gasteiger partial charge in [0.25, 0.3) is 0 Å². The first-order chi connectivity index (χ1) is 15.3. The van der Waals surface area contributed by atoms with Crippen LogP contribution in [0.25, 0.3) is 16.6 Å². The molecule has 2 aromatic rings. The number of esters is 1. The molecular weight excluding hydrogens is 406 g/mol. The molecule has 166 valence electrons. The molecule has 32 heavy (non-hydrogen) atoms. The van der Waals surface area contributed by atoms with E-state index in [9.17, 15) is 15.0 Å². The average Bonchev–Trinajstić information content (AvgIpc) is 3.14. The summed E-state index contributed by atoms with van der Waals surface area (Å²) in [5.41, 5.74) is 14.2. The number of aromatic nitrogens is 1. The Balaban J connectivity index is 1.63. The summed E-state index contributed by atoms with van der Waals surface area (Å²) >= 11 is 0. The van der Waals surface area contributed by atoms with Crippen LogP contribution in [0.2, 0.25) is 0 Å². The number of carbonyl (C=O) groups excluding carboxylic acids is 1. The first-order valence-corrected chi connectivity index (χ1v) is 11.3. The molecule has 1 unspecified atom stereocenters. The van der Waals surface area contributed by atoms with Gasteiger partial charge in [0.1, 0.15) is 6.61 Å². The van der Waals surface area contributed by atoms with Crippen LogP contribution in [0.4, 0.5) is 0 Å². The van der Waals surface area contributed by atoms with Gasteiger partial charge in [-0.3, -0.25) is 0 Å². The molecule has 0 fully saturated rings. The molecule has 1 aliphatic carbocycles. The Morgan fingerprint density at radius 2 is 2.12 bits per heavy atom. The fraction of sp³-hybridized carbons (Fsp3) is 0.440. The lowest BCUT2D eigenvalue weighted by molar-refractivity contribution is -0.164. The van der Waals surface area contributed by atoms with Gasteiger partial charge in [-0.25, -0.2) is 9.78 Å². The number of ether oxygens (including phenoxy) is 1. The van der Waals surface area contributed by atoms with Crippen molar-refractivity contribution in [2.75, 3.05) is 6.61 Å². The maximum atomic E-state index is 12.4. The molecule has 1 aromatic heterocycles. The van der Waals surface area contributed by atoms with Crippen LogP contribution in [0.3, 0.4) is 0 Å². The topological polar surface area (TPSA) is 109 Å². The highest BCUT2D eigenvalue weighted by atomic mass is 16.6. The minimum atomic E-state index is -1.77. The van der Waals surface area contributed by atoms with E-state index in [0.717, 1.165) is 46.3 Å². The number of aliphatic hydroxyl groups is 2. The highest BCUT2D eigenvalue weighted by molar-refractivity contribution is 5.94.